The molecule has 0 amide bonds. The lowest BCUT2D eigenvalue weighted by Gasteiger charge is -2.21. The van der Waals surface area contributed by atoms with Crippen LogP contribution in [0.1, 0.15) is 32.3 Å². The number of nitrogen functional groups attached to an aromatic ring is 1. The van der Waals surface area contributed by atoms with Crippen molar-refractivity contribution in [3.63, 3.8) is 0 Å². The van der Waals surface area contributed by atoms with E-state index in [1.165, 1.54) is 18.4 Å². The summed E-state index contributed by atoms with van der Waals surface area (Å²) in [4.78, 5) is 2.50. The van der Waals surface area contributed by atoms with Gasteiger partial charge < -0.3 is 10.6 Å². The molecule has 0 heterocycles. The number of hydrogen-bond acceptors (Lipinski definition) is 2. The van der Waals surface area contributed by atoms with Gasteiger partial charge >= 0.3 is 0 Å². The Morgan fingerprint density at radius 3 is 2.28 bits per heavy atom. The zero-order chi connectivity index (χ0) is 13.5. The van der Waals surface area contributed by atoms with Gasteiger partial charge in [0, 0.05) is 11.0 Å². The van der Waals surface area contributed by atoms with Gasteiger partial charge in [0.2, 0.25) is 0 Å². The average molecular weight is 334 g/mol. The van der Waals surface area contributed by atoms with E-state index in [1.54, 1.807) is 0 Å². The fourth-order valence-corrected chi connectivity index (χ4v) is 2.90. The van der Waals surface area contributed by atoms with E-state index in [-0.39, 0.29) is 0 Å². The van der Waals surface area contributed by atoms with Crippen molar-refractivity contribution < 1.29 is 0 Å². The highest BCUT2D eigenvalue weighted by Crippen LogP contribution is 2.29. The molecule has 4 heteroatoms. The van der Waals surface area contributed by atoms with Crippen LogP contribution in [0, 0.1) is 0 Å². The first-order chi connectivity index (χ1) is 8.58. The summed E-state index contributed by atoms with van der Waals surface area (Å²) in [6, 6.07) is 4.04. The largest absolute Gasteiger partial charge is 0.397 e. The highest BCUT2D eigenvalue weighted by molar-refractivity contribution is 9.10. The van der Waals surface area contributed by atoms with Gasteiger partial charge in [-0.2, -0.15) is 0 Å². The van der Waals surface area contributed by atoms with Crippen molar-refractivity contribution in [2.75, 3.05) is 25.4 Å². The number of nitrogens with two attached hydrogens (primary N) is 1. The third-order valence-electron chi connectivity index (χ3n) is 2.94. The maximum absolute atomic E-state index is 6.09. The first-order valence-electron chi connectivity index (χ1n) is 6.54. The highest BCUT2D eigenvalue weighted by Gasteiger charge is 2.07. The van der Waals surface area contributed by atoms with E-state index in [1.807, 2.05) is 6.07 Å². The molecular formula is C14H22BrClN2. The Bertz CT molecular complexity index is 353. The molecule has 0 saturated heterocycles. The molecule has 2 nitrogen and oxygen atoms in total. The van der Waals surface area contributed by atoms with E-state index in [0.717, 1.165) is 30.5 Å². The van der Waals surface area contributed by atoms with E-state index in [2.05, 4.69) is 40.7 Å². The van der Waals surface area contributed by atoms with Gasteiger partial charge in [-0.1, -0.05) is 25.4 Å². The number of nitrogens with zero attached hydrogens (tertiary/aromatic N) is 1. The molecule has 1 rings (SSSR count). The molecule has 18 heavy (non-hydrogen) atoms. The standard InChI is InChI=1S/C14H22BrClN2/c1-3-6-18(7-4-2)8-5-11-9-12(15)14(17)13(16)10-11/h9-10H,3-8,17H2,1-2H3. The maximum Gasteiger partial charge on any atom is 0.0649 e. The summed E-state index contributed by atoms with van der Waals surface area (Å²) in [6.07, 6.45) is 3.41. The molecule has 102 valence electrons. The minimum atomic E-state index is 0.624. The highest BCUT2D eigenvalue weighted by atomic mass is 79.9. The van der Waals surface area contributed by atoms with Crippen molar-refractivity contribution >= 4 is 33.2 Å². The molecule has 1 aromatic carbocycles. The second kappa shape index (κ2) is 8.03. The summed E-state index contributed by atoms with van der Waals surface area (Å²) >= 11 is 9.53. The predicted octanol–water partition coefficient (Wildman–Crippen LogP) is 4.35. The van der Waals surface area contributed by atoms with Crippen LogP contribution in [0.5, 0.6) is 0 Å². The third kappa shape index (κ3) is 4.79. The lowest BCUT2D eigenvalue weighted by Crippen LogP contribution is -2.27. The first kappa shape index (κ1) is 15.8. The Hall–Kier alpha value is -0.250. The van der Waals surface area contributed by atoms with Crippen LogP contribution in [0.15, 0.2) is 16.6 Å². The van der Waals surface area contributed by atoms with Crippen LogP contribution in [0.25, 0.3) is 0 Å². The predicted molar refractivity (Wildman–Crippen MR) is 84.3 cm³/mol. The quantitative estimate of drug-likeness (QED) is 0.752. The lowest BCUT2D eigenvalue weighted by atomic mass is 10.1. The molecule has 0 atom stereocenters. The SMILES string of the molecule is CCCN(CCC)CCc1cc(Cl)c(N)c(Br)c1. The molecule has 0 radical (unpaired) electrons. The fraction of sp³-hybridized carbons (Fsp3) is 0.571. The van der Waals surface area contributed by atoms with Gasteiger partial charge in [-0.25, -0.2) is 0 Å². The van der Waals surface area contributed by atoms with E-state index >= 15 is 0 Å². The van der Waals surface area contributed by atoms with Crippen molar-refractivity contribution in [1.82, 2.24) is 4.90 Å². The minimum Gasteiger partial charge on any atom is -0.397 e. The van der Waals surface area contributed by atoms with Gasteiger partial charge in [-0.05, 0) is 66.0 Å². The van der Waals surface area contributed by atoms with E-state index in [4.69, 9.17) is 17.3 Å². The number of halogens is 2. The van der Waals surface area contributed by atoms with Crippen molar-refractivity contribution in [2.45, 2.75) is 33.1 Å². The monoisotopic (exact) mass is 332 g/mol. The van der Waals surface area contributed by atoms with E-state index < -0.39 is 0 Å². The van der Waals surface area contributed by atoms with Crippen molar-refractivity contribution in [1.29, 1.82) is 0 Å². The average Bonchev–Trinajstić information content (AvgIpc) is 2.33. The number of benzene rings is 1. The van der Waals surface area contributed by atoms with Crippen LogP contribution in [-0.2, 0) is 6.42 Å². The summed E-state index contributed by atoms with van der Waals surface area (Å²) < 4.78 is 0.891. The fourth-order valence-electron chi connectivity index (χ4n) is 2.04. The van der Waals surface area contributed by atoms with E-state index in [0.29, 0.717) is 10.7 Å². The van der Waals surface area contributed by atoms with Crippen LogP contribution in [0.3, 0.4) is 0 Å². The second-order valence-corrected chi connectivity index (χ2v) is 5.83. The van der Waals surface area contributed by atoms with Crippen LogP contribution in [-0.4, -0.2) is 24.5 Å². The zero-order valence-corrected chi connectivity index (χ0v) is 13.5. The smallest absolute Gasteiger partial charge is 0.0649 e. The molecule has 0 aliphatic rings. The Balaban J connectivity index is 2.61. The molecule has 0 spiro atoms. The third-order valence-corrected chi connectivity index (χ3v) is 3.90. The minimum absolute atomic E-state index is 0.624. The second-order valence-electron chi connectivity index (χ2n) is 4.56. The summed E-state index contributed by atoms with van der Waals surface area (Å²) in [7, 11) is 0. The number of anilines is 1. The molecule has 0 unspecified atom stereocenters. The first-order valence-corrected chi connectivity index (χ1v) is 7.71. The summed E-state index contributed by atoms with van der Waals surface area (Å²) in [5.41, 5.74) is 7.67. The van der Waals surface area contributed by atoms with Crippen LogP contribution in [0.2, 0.25) is 5.02 Å². The number of hydrogen-bond donors (Lipinski definition) is 1. The molecular weight excluding hydrogens is 312 g/mol. The van der Waals surface area contributed by atoms with Gasteiger partial charge in [0.05, 0.1) is 10.7 Å². The van der Waals surface area contributed by atoms with Crippen molar-refractivity contribution in [3.8, 4) is 0 Å². The molecule has 0 bridgehead atoms. The van der Waals surface area contributed by atoms with Crippen molar-refractivity contribution in [3.05, 3.63) is 27.2 Å². The van der Waals surface area contributed by atoms with Gasteiger partial charge in [0.15, 0.2) is 0 Å². The molecule has 0 fully saturated rings. The van der Waals surface area contributed by atoms with Crippen LogP contribution < -0.4 is 5.73 Å². The Morgan fingerprint density at radius 2 is 1.78 bits per heavy atom. The molecule has 0 aromatic heterocycles. The summed E-state index contributed by atoms with van der Waals surface area (Å²) in [5, 5.41) is 0.636. The van der Waals surface area contributed by atoms with E-state index in [9.17, 15) is 0 Å². The Labute approximate surface area is 124 Å². The van der Waals surface area contributed by atoms with Crippen LogP contribution in [0.4, 0.5) is 5.69 Å². The molecule has 0 aliphatic carbocycles. The maximum atomic E-state index is 6.09. The summed E-state index contributed by atoms with van der Waals surface area (Å²) in [6.45, 7) is 7.85. The molecule has 1 aromatic rings. The zero-order valence-electron chi connectivity index (χ0n) is 11.2. The van der Waals surface area contributed by atoms with Gasteiger partial charge in [-0.15, -0.1) is 0 Å². The van der Waals surface area contributed by atoms with Gasteiger partial charge in [-0.3, -0.25) is 0 Å². The van der Waals surface area contributed by atoms with Gasteiger partial charge in [0.1, 0.15) is 0 Å². The number of rotatable bonds is 7. The topological polar surface area (TPSA) is 29.3 Å². The normalized spacial score (nSPS) is 11.2. The Kier molecular flexibility index (Phi) is 7.05. The Morgan fingerprint density at radius 1 is 1.17 bits per heavy atom. The molecule has 0 aliphatic heterocycles. The van der Waals surface area contributed by atoms with Crippen molar-refractivity contribution in [2.24, 2.45) is 0 Å². The molecule has 2 N–H and O–H groups in total. The van der Waals surface area contributed by atoms with Gasteiger partial charge in [0.25, 0.3) is 0 Å². The summed E-state index contributed by atoms with van der Waals surface area (Å²) in [5.74, 6) is 0. The van der Waals surface area contributed by atoms with Crippen LogP contribution >= 0.6 is 27.5 Å². The lowest BCUT2D eigenvalue weighted by molar-refractivity contribution is 0.278. The molecule has 0 saturated carbocycles.